The largest absolute Gasteiger partial charge is 0.383 e. The van der Waals surface area contributed by atoms with Crippen molar-refractivity contribution in [2.45, 2.75) is 38.3 Å². The summed E-state index contributed by atoms with van der Waals surface area (Å²) in [6.07, 6.45) is 3.35. The second-order valence-corrected chi connectivity index (χ2v) is 3.93. The van der Waals surface area contributed by atoms with Gasteiger partial charge < -0.3 is 16.2 Å². The quantitative estimate of drug-likeness (QED) is 0.799. The summed E-state index contributed by atoms with van der Waals surface area (Å²) in [6, 6.07) is 3.50. The number of rotatable bonds is 5. The maximum atomic E-state index is 6.26. The fourth-order valence-electron chi connectivity index (χ4n) is 2.08. The van der Waals surface area contributed by atoms with E-state index in [9.17, 15) is 0 Å². The van der Waals surface area contributed by atoms with Gasteiger partial charge in [-0.05, 0) is 18.9 Å². The van der Waals surface area contributed by atoms with E-state index in [2.05, 4.69) is 18.8 Å². The van der Waals surface area contributed by atoms with E-state index in [1.54, 1.807) is 13.3 Å². The molecule has 4 N–H and O–H groups in total. The summed E-state index contributed by atoms with van der Waals surface area (Å²) in [7, 11) is 1.69. The van der Waals surface area contributed by atoms with Crippen molar-refractivity contribution in [3.63, 3.8) is 0 Å². The van der Waals surface area contributed by atoms with Crippen LogP contribution >= 0.6 is 0 Å². The Balaban J connectivity index is 3.08. The second-order valence-electron chi connectivity index (χ2n) is 3.93. The van der Waals surface area contributed by atoms with E-state index < -0.39 is 0 Å². The summed E-state index contributed by atoms with van der Waals surface area (Å²) in [5.41, 5.74) is 12.6. The number of nitrogens with two attached hydrogens (primary N) is 2. The van der Waals surface area contributed by atoms with E-state index in [0.717, 1.165) is 18.4 Å². The molecule has 0 aliphatic carbocycles. The molecule has 0 fully saturated rings. The number of pyridine rings is 1. The summed E-state index contributed by atoms with van der Waals surface area (Å²) in [6.45, 7) is 4.14. The van der Waals surface area contributed by atoms with Gasteiger partial charge >= 0.3 is 0 Å². The second kappa shape index (κ2) is 5.27. The molecule has 0 saturated carbocycles. The lowest BCUT2D eigenvalue weighted by Gasteiger charge is -2.36. The van der Waals surface area contributed by atoms with Crippen LogP contribution < -0.4 is 11.5 Å². The molecule has 0 spiro atoms. The van der Waals surface area contributed by atoms with Crippen molar-refractivity contribution in [1.29, 1.82) is 0 Å². The number of nitrogens with zero attached hydrogens (tertiary/aromatic N) is 1. The first-order valence-corrected chi connectivity index (χ1v) is 5.62. The normalized spacial score (nSPS) is 13.8. The molecule has 0 bridgehead atoms. The molecule has 1 unspecified atom stereocenters. The van der Waals surface area contributed by atoms with Crippen molar-refractivity contribution in [1.82, 2.24) is 4.98 Å². The highest BCUT2D eigenvalue weighted by atomic mass is 16.5. The van der Waals surface area contributed by atoms with Crippen LogP contribution in [0, 0.1) is 0 Å². The number of hydrogen-bond donors (Lipinski definition) is 2. The molecule has 1 heterocycles. The standard InChI is InChI=1S/C12H21N3O/c1-4-12(5-2,16-3)10(13)9-7-6-8-15-11(9)14/h6-8,10H,4-5,13H2,1-3H3,(H2,14,15). The van der Waals surface area contributed by atoms with E-state index >= 15 is 0 Å². The predicted molar refractivity (Wildman–Crippen MR) is 65.9 cm³/mol. The van der Waals surface area contributed by atoms with Gasteiger partial charge in [-0.3, -0.25) is 0 Å². The first-order chi connectivity index (χ1) is 7.61. The Morgan fingerprint density at radius 1 is 1.44 bits per heavy atom. The third kappa shape index (κ3) is 2.18. The third-order valence-corrected chi connectivity index (χ3v) is 3.38. The molecule has 4 nitrogen and oxygen atoms in total. The van der Waals surface area contributed by atoms with Crippen LogP contribution in [0.15, 0.2) is 18.3 Å². The molecule has 4 heteroatoms. The van der Waals surface area contributed by atoms with Crippen molar-refractivity contribution >= 4 is 5.82 Å². The highest BCUT2D eigenvalue weighted by Gasteiger charge is 2.35. The van der Waals surface area contributed by atoms with Gasteiger partial charge in [0.25, 0.3) is 0 Å². The number of anilines is 1. The number of hydrogen-bond acceptors (Lipinski definition) is 4. The fourth-order valence-corrected chi connectivity index (χ4v) is 2.08. The monoisotopic (exact) mass is 223 g/mol. The van der Waals surface area contributed by atoms with Crippen LogP contribution in [-0.4, -0.2) is 17.7 Å². The van der Waals surface area contributed by atoms with E-state index in [4.69, 9.17) is 16.2 Å². The van der Waals surface area contributed by atoms with E-state index in [-0.39, 0.29) is 11.6 Å². The van der Waals surface area contributed by atoms with Crippen LogP contribution in [0.4, 0.5) is 5.82 Å². The number of nitrogen functional groups attached to an aromatic ring is 1. The molecule has 0 aromatic carbocycles. The Hall–Kier alpha value is -1.13. The zero-order chi connectivity index (χ0) is 12.2. The Kier molecular flexibility index (Phi) is 4.26. The van der Waals surface area contributed by atoms with Crippen LogP contribution in [-0.2, 0) is 4.74 Å². The van der Waals surface area contributed by atoms with Gasteiger partial charge in [0, 0.05) is 18.9 Å². The molecule has 90 valence electrons. The molecular formula is C12H21N3O. The number of aromatic nitrogens is 1. The van der Waals surface area contributed by atoms with E-state index in [1.165, 1.54) is 0 Å². The molecule has 16 heavy (non-hydrogen) atoms. The Morgan fingerprint density at radius 2 is 2.06 bits per heavy atom. The molecule has 0 aliphatic heterocycles. The SMILES string of the molecule is CCC(CC)(OC)C(N)c1cccnc1N. The lowest BCUT2D eigenvalue weighted by atomic mass is 9.84. The van der Waals surface area contributed by atoms with Gasteiger partial charge in [-0.25, -0.2) is 4.98 Å². The smallest absolute Gasteiger partial charge is 0.128 e. The number of ether oxygens (including phenoxy) is 1. The minimum atomic E-state index is -0.364. The number of methoxy groups -OCH3 is 1. The van der Waals surface area contributed by atoms with Crippen molar-refractivity contribution in [2.75, 3.05) is 12.8 Å². The van der Waals surface area contributed by atoms with Crippen LogP contribution in [0.2, 0.25) is 0 Å². The molecule has 0 radical (unpaired) electrons. The third-order valence-electron chi connectivity index (χ3n) is 3.38. The lowest BCUT2D eigenvalue weighted by molar-refractivity contribution is -0.0384. The highest BCUT2D eigenvalue weighted by Crippen LogP contribution is 2.34. The molecular weight excluding hydrogens is 202 g/mol. The topological polar surface area (TPSA) is 74.2 Å². The van der Waals surface area contributed by atoms with E-state index in [1.807, 2.05) is 12.1 Å². The van der Waals surface area contributed by atoms with Crippen molar-refractivity contribution < 1.29 is 4.74 Å². The van der Waals surface area contributed by atoms with Crippen LogP contribution in [0.1, 0.15) is 38.3 Å². The maximum absolute atomic E-state index is 6.26. The van der Waals surface area contributed by atoms with Gasteiger partial charge in [-0.15, -0.1) is 0 Å². The van der Waals surface area contributed by atoms with Gasteiger partial charge in [0.05, 0.1) is 11.6 Å². The highest BCUT2D eigenvalue weighted by molar-refractivity contribution is 5.42. The summed E-state index contributed by atoms with van der Waals surface area (Å²) in [4.78, 5) is 4.06. The van der Waals surface area contributed by atoms with Gasteiger partial charge in [-0.1, -0.05) is 19.9 Å². The Bertz CT molecular complexity index is 329. The molecule has 1 aromatic rings. The summed E-state index contributed by atoms with van der Waals surface area (Å²) < 4.78 is 5.60. The average Bonchev–Trinajstić information content (AvgIpc) is 2.32. The van der Waals surface area contributed by atoms with E-state index in [0.29, 0.717) is 5.82 Å². The summed E-state index contributed by atoms with van der Waals surface area (Å²) in [5.74, 6) is 0.485. The lowest BCUT2D eigenvalue weighted by Crippen LogP contribution is -2.42. The van der Waals surface area contributed by atoms with Crippen LogP contribution in [0.5, 0.6) is 0 Å². The van der Waals surface area contributed by atoms with Gasteiger partial charge in [0.1, 0.15) is 5.82 Å². The first-order valence-electron chi connectivity index (χ1n) is 5.62. The van der Waals surface area contributed by atoms with Crippen molar-refractivity contribution in [3.05, 3.63) is 23.9 Å². The van der Waals surface area contributed by atoms with Gasteiger partial charge in [-0.2, -0.15) is 0 Å². The van der Waals surface area contributed by atoms with Crippen molar-refractivity contribution in [2.24, 2.45) is 5.73 Å². The first kappa shape index (κ1) is 12.9. The van der Waals surface area contributed by atoms with Crippen molar-refractivity contribution in [3.8, 4) is 0 Å². The Morgan fingerprint density at radius 3 is 2.50 bits per heavy atom. The molecule has 1 aromatic heterocycles. The molecule has 1 rings (SSSR count). The zero-order valence-electron chi connectivity index (χ0n) is 10.2. The average molecular weight is 223 g/mol. The molecule has 0 saturated heterocycles. The van der Waals surface area contributed by atoms with Gasteiger partial charge in [0.2, 0.25) is 0 Å². The minimum Gasteiger partial charge on any atom is -0.383 e. The maximum Gasteiger partial charge on any atom is 0.128 e. The molecule has 1 atom stereocenters. The summed E-state index contributed by atoms with van der Waals surface area (Å²) >= 11 is 0. The minimum absolute atomic E-state index is 0.249. The molecule has 0 aliphatic rings. The van der Waals surface area contributed by atoms with Crippen LogP contribution in [0.25, 0.3) is 0 Å². The van der Waals surface area contributed by atoms with Gasteiger partial charge in [0.15, 0.2) is 0 Å². The Labute approximate surface area is 97.0 Å². The predicted octanol–water partition coefficient (Wildman–Crippen LogP) is 1.87. The molecule has 0 amide bonds. The summed E-state index contributed by atoms with van der Waals surface area (Å²) in [5, 5.41) is 0. The fraction of sp³-hybridized carbons (Fsp3) is 0.583. The zero-order valence-corrected chi connectivity index (χ0v) is 10.2. The van der Waals surface area contributed by atoms with Crippen LogP contribution in [0.3, 0.4) is 0 Å².